The molecule has 0 spiro atoms. The molecule has 34 heavy (non-hydrogen) atoms. The highest BCUT2D eigenvalue weighted by atomic mass is 19.3. The number of hydrogen-bond donors (Lipinski definition) is 1. The monoisotopic (exact) mass is 488 g/mol. The largest absolute Gasteiger partial charge is 0.368 e. The van der Waals surface area contributed by atoms with Crippen molar-refractivity contribution in [3.63, 3.8) is 0 Å². The standard InChI is InChI=1S/C22H26F6N6/c1-20(23,24)16-4-2-3-15(30-16)17-31-18(29)33-19(32-17)34(13-5-9-21(25,26)10-6-13)14-7-11-22(27,28)12-8-14/h2-4,13-14H,5-12H2,1H3,(H2,29,31,32,33). The van der Waals surface area contributed by atoms with Crippen LogP contribution in [0.2, 0.25) is 0 Å². The van der Waals surface area contributed by atoms with Crippen molar-refractivity contribution in [2.24, 2.45) is 0 Å². The Morgan fingerprint density at radius 1 is 0.853 bits per heavy atom. The van der Waals surface area contributed by atoms with E-state index < -0.39 is 35.5 Å². The number of rotatable bonds is 5. The molecule has 2 aromatic rings. The van der Waals surface area contributed by atoms with Crippen LogP contribution in [0.25, 0.3) is 11.5 Å². The zero-order valence-electron chi connectivity index (χ0n) is 18.6. The minimum atomic E-state index is -3.19. The van der Waals surface area contributed by atoms with E-state index in [2.05, 4.69) is 19.9 Å². The third-order valence-electron chi connectivity index (χ3n) is 6.46. The summed E-state index contributed by atoms with van der Waals surface area (Å²) in [7, 11) is 0. The summed E-state index contributed by atoms with van der Waals surface area (Å²) in [4.78, 5) is 18.3. The van der Waals surface area contributed by atoms with Crippen molar-refractivity contribution in [3.05, 3.63) is 23.9 Å². The first-order valence-corrected chi connectivity index (χ1v) is 11.2. The first-order valence-electron chi connectivity index (χ1n) is 11.2. The molecular formula is C22H26F6N6. The van der Waals surface area contributed by atoms with Crippen molar-refractivity contribution in [2.45, 2.75) is 88.1 Å². The van der Waals surface area contributed by atoms with Crippen molar-refractivity contribution >= 4 is 11.9 Å². The number of alkyl halides is 6. The van der Waals surface area contributed by atoms with Crippen LogP contribution < -0.4 is 10.6 Å². The van der Waals surface area contributed by atoms with Gasteiger partial charge in [-0.2, -0.15) is 23.7 Å². The third-order valence-corrected chi connectivity index (χ3v) is 6.46. The lowest BCUT2D eigenvalue weighted by Crippen LogP contribution is -2.50. The molecule has 12 heteroatoms. The summed E-state index contributed by atoms with van der Waals surface area (Å²) in [5, 5.41) is 0. The second kappa shape index (κ2) is 8.84. The minimum absolute atomic E-state index is 0.0414. The Morgan fingerprint density at radius 3 is 1.88 bits per heavy atom. The molecule has 2 aliphatic rings. The number of nitrogens with zero attached hydrogens (tertiary/aromatic N) is 5. The number of aromatic nitrogens is 4. The Balaban J connectivity index is 1.71. The van der Waals surface area contributed by atoms with Gasteiger partial charge in [-0.3, -0.25) is 0 Å². The molecule has 0 aliphatic heterocycles. The zero-order valence-corrected chi connectivity index (χ0v) is 18.6. The van der Waals surface area contributed by atoms with Crippen molar-refractivity contribution in [1.82, 2.24) is 19.9 Å². The number of halogens is 6. The number of nitrogen functional groups attached to an aromatic ring is 1. The molecule has 2 N–H and O–H groups in total. The van der Waals surface area contributed by atoms with Gasteiger partial charge in [0.05, 0.1) is 0 Å². The van der Waals surface area contributed by atoms with E-state index in [4.69, 9.17) is 5.73 Å². The lowest BCUT2D eigenvalue weighted by Gasteiger charge is -2.43. The fourth-order valence-electron chi connectivity index (χ4n) is 4.65. The quantitative estimate of drug-likeness (QED) is 0.553. The van der Waals surface area contributed by atoms with E-state index in [1.54, 1.807) is 4.90 Å². The van der Waals surface area contributed by atoms with Crippen LogP contribution in [0.4, 0.5) is 38.2 Å². The number of hydrogen-bond acceptors (Lipinski definition) is 6. The predicted molar refractivity (Wildman–Crippen MR) is 114 cm³/mol. The molecule has 6 nitrogen and oxygen atoms in total. The molecule has 2 aliphatic carbocycles. The summed E-state index contributed by atoms with van der Waals surface area (Å²) in [6.07, 6.45) is -0.793. The molecule has 0 saturated heterocycles. The van der Waals surface area contributed by atoms with E-state index in [1.165, 1.54) is 18.2 Å². The number of nitrogens with two attached hydrogens (primary N) is 1. The molecule has 2 heterocycles. The maximum absolute atomic E-state index is 13.8. The van der Waals surface area contributed by atoms with Crippen LogP contribution in [-0.2, 0) is 5.92 Å². The molecule has 0 aromatic carbocycles. The van der Waals surface area contributed by atoms with Crippen LogP contribution in [0.5, 0.6) is 0 Å². The van der Waals surface area contributed by atoms with Gasteiger partial charge in [-0.1, -0.05) is 6.07 Å². The molecule has 2 fully saturated rings. The molecule has 186 valence electrons. The average molecular weight is 488 g/mol. The van der Waals surface area contributed by atoms with Gasteiger partial charge in [0.1, 0.15) is 11.4 Å². The van der Waals surface area contributed by atoms with E-state index in [0.717, 1.165) is 0 Å². The van der Waals surface area contributed by atoms with E-state index in [0.29, 0.717) is 6.92 Å². The van der Waals surface area contributed by atoms with Crippen LogP contribution in [0.1, 0.15) is 64.0 Å². The topological polar surface area (TPSA) is 80.8 Å². The molecule has 4 rings (SSSR count). The highest BCUT2D eigenvalue weighted by molar-refractivity contribution is 5.54. The Labute approximate surface area is 193 Å². The van der Waals surface area contributed by atoms with E-state index in [1.807, 2.05) is 0 Å². The lowest BCUT2D eigenvalue weighted by atomic mass is 9.86. The Kier molecular flexibility index (Phi) is 6.36. The molecule has 0 atom stereocenters. The van der Waals surface area contributed by atoms with Gasteiger partial charge in [-0.25, -0.2) is 22.5 Å². The van der Waals surface area contributed by atoms with Gasteiger partial charge in [0.2, 0.25) is 23.7 Å². The van der Waals surface area contributed by atoms with Crippen molar-refractivity contribution in [1.29, 1.82) is 0 Å². The second-order valence-corrected chi connectivity index (χ2v) is 9.20. The number of pyridine rings is 1. The van der Waals surface area contributed by atoms with E-state index in [-0.39, 0.29) is 74.8 Å². The van der Waals surface area contributed by atoms with E-state index in [9.17, 15) is 26.3 Å². The maximum Gasteiger partial charge on any atom is 0.286 e. The maximum atomic E-state index is 13.8. The molecule has 2 aromatic heterocycles. The van der Waals surface area contributed by atoms with Gasteiger partial charge in [0.15, 0.2) is 5.82 Å². The van der Waals surface area contributed by atoms with Gasteiger partial charge >= 0.3 is 0 Å². The molecule has 0 amide bonds. The summed E-state index contributed by atoms with van der Waals surface area (Å²) in [5.74, 6) is -8.95. The minimum Gasteiger partial charge on any atom is -0.368 e. The first-order chi connectivity index (χ1) is 15.8. The van der Waals surface area contributed by atoms with Gasteiger partial charge in [-0.05, 0) is 37.8 Å². The molecule has 0 radical (unpaired) electrons. The Bertz CT molecular complexity index is 979. The van der Waals surface area contributed by atoms with Gasteiger partial charge < -0.3 is 10.6 Å². The molecular weight excluding hydrogens is 462 g/mol. The van der Waals surface area contributed by atoms with Crippen LogP contribution in [-0.4, -0.2) is 43.9 Å². The average Bonchev–Trinajstić information content (AvgIpc) is 2.75. The zero-order chi connectivity index (χ0) is 24.7. The number of anilines is 2. The van der Waals surface area contributed by atoms with Crippen LogP contribution >= 0.6 is 0 Å². The molecule has 0 unspecified atom stereocenters. The smallest absolute Gasteiger partial charge is 0.286 e. The van der Waals surface area contributed by atoms with Crippen LogP contribution in [0.15, 0.2) is 18.2 Å². The Hall–Kier alpha value is -2.66. The van der Waals surface area contributed by atoms with E-state index >= 15 is 0 Å². The first kappa shape index (κ1) is 24.5. The van der Waals surface area contributed by atoms with Gasteiger partial charge in [0.25, 0.3) is 5.92 Å². The fraction of sp³-hybridized carbons (Fsp3) is 0.636. The SMILES string of the molecule is CC(F)(F)c1cccc(-c2nc(N)nc(N(C3CCC(F)(F)CC3)C3CCC(F)(F)CC3)n2)n1. The van der Waals surface area contributed by atoms with Gasteiger partial charge in [0, 0.05) is 44.7 Å². The summed E-state index contributed by atoms with van der Waals surface area (Å²) in [6, 6.07) is 3.21. The van der Waals surface area contributed by atoms with Gasteiger partial charge in [-0.15, -0.1) is 0 Å². The molecule has 2 saturated carbocycles. The van der Waals surface area contributed by atoms with Crippen molar-refractivity contribution in [2.75, 3.05) is 10.6 Å². The highest BCUT2D eigenvalue weighted by Crippen LogP contribution is 2.41. The third kappa shape index (κ3) is 5.52. The lowest BCUT2D eigenvalue weighted by molar-refractivity contribution is -0.0460. The fourth-order valence-corrected chi connectivity index (χ4v) is 4.65. The highest BCUT2D eigenvalue weighted by Gasteiger charge is 2.43. The van der Waals surface area contributed by atoms with Crippen molar-refractivity contribution in [3.8, 4) is 11.5 Å². The van der Waals surface area contributed by atoms with Crippen LogP contribution in [0.3, 0.4) is 0 Å². The van der Waals surface area contributed by atoms with Crippen LogP contribution in [0, 0.1) is 0 Å². The summed E-state index contributed by atoms with van der Waals surface area (Å²) in [5.41, 5.74) is 5.46. The normalized spacial score (nSPS) is 21.4. The van der Waals surface area contributed by atoms with Crippen molar-refractivity contribution < 1.29 is 26.3 Å². The summed E-state index contributed by atoms with van der Waals surface area (Å²) in [6.45, 7) is 0.714. The Morgan fingerprint density at radius 2 is 1.38 bits per heavy atom. The molecule has 0 bridgehead atoms. The summed E-state index contributed by atoms with van der Waals surface area (Å²) < 4.78 is 82.8. The summed E-state index contributed by atoms with van der Waals surface area (Å²) >= 11 is 0. The second-order valence-electron chi connectivity index (χ2n) is 9.20. The predicted octanol–water partition coefficient (Wildman–Crippen LogP) is 5.59.